The van der Waals surface area contributed by atoms with Gasteiger partial charge in [0.25, 0.3) is 5.91 Å². The van der Waals surface area contributed by atoms with E-state index in [9.17, 15) is 14.4 Å². The van der Waals surface area contributed by atoms with Gasteiger partial charge in [0, 0.05) is 13.0 Å². The first kappa shape index (κ1) is 15.3. The van der Waals surface area contributed by atoms with Gasteiger partial charge in [-0.25, -0.2) is 0 Å². The molecule has 21 heavy (non-hydrogen) atoms. The number of amides is 2. The van der Waals surface area contributed by atoms with Gasteiger partial charge in [-0.3, -0.25) is 9.59 Å². The van der Waals surface area contributed by atoms with Crippen molar-refractivity contribution in [1.29, 1.82) is 0 Å². The SMILES string of the molecule is COC1=C(C(=O)NCC(=O)N2CCC[C@H]2C=O)C=CCC1. The molecule has 1 atom stereocenters. The van der Waals surface area contributed by atoms with Gasteiger partial charge in [0.1, 0.15) is 12.0 Å². The molecule has 1 N–H and O–H groups in total. The first-order valence-electron chi connectivity index (χ1n) is 7.14. The molecule has 114 valence electrons. The Kier molecular flexibility index (Phi) is 5.14. The van der Waals surface area contributed by atoms with Gasteiger partial charge >= 0.3 is 0 Å². The van der Waals surface area contributed by atoms with Gasteiger partial charge in [0.15, 0.2) is 0 Å². The summed E-state index contributed by atoms with van der Waals surface area (Å²) in [7, 11) is 1.53. The van der Waals surface area contributed by atoms with Gasteiger partial charge in [0.2, 0.25) is 5.91 Å². The summed E-state index contributed by atoms with van der Waals surface area (Å²) < 4.78 is 5.19. The lowest BCUT2D eigenvalue weighted by Gasteiger charge is -2.21. The minimum atomic E-state index is -0.349. The molecule has 0 bridgehead atoms. The maximum absolute atomic E-state index is 12.1. The van der Waals surface area contributed by atoms with E-state index >= 15 is 0 Å². The van der Waals surface area contributed by atoms with Crippen LogP contribution in [0.1, 0.15) is 25.7 Å². The maximum Gasteiger partial charge on any atom is 0.255 e. The molecule has 1 fully saturated rings. The van der Waals surface area contributed by atoms with Crippen LogP contribution in [0.3, 0.4) is 0 Å². The van der Waals surface area contributed by atoms with Gasteiger partial charge in [-0.15, -0.1) is 0 Å². The molecule has 6 heteroatoms. The van der Waals surface area contributed by atoms with Crippen LogP contribution in [0, 0.1) is 0 Å². The molecule has 2 amide bonds. The van der Waals surface area contributed by atoms with Crippen LogP contribution >= 0.6 is 0 Å². The van der Waals surface area contributed by atoms with Crippen molar-refractivity contribution in [3.8, 4) is 0 Å². The van der Waals surface area contributed by atoms with E-state index in [1.807, 2.05) is 6.08 Å². The second-order valence-electron chi connectivity index (χ2n) is 5.10. The van der Waals surface area contributed by atoms with Gasteiger partial charge in [0.05, 0.1) is 25.3 Å². The zero-order valence-electron chi connectivity index (χ0n) is 12.1. The molecular formula is C15H20N2O4. The van der Waals surface area contributed by atoms with Crippen LogP contribution in [-0.4, -0.2) is 49.2 Å². The Morgan fingerprint density at radius 2 is 2.33 bits per heavy atom. The number of aldehydes is 1. The summed E-state index contributed by atoms with van der Waals surface area (Å²) in [5.41, 5.74) is 0.463. The number of hydrogen-bond donors (Lipinski definition) is 1. The third kappa shape index (κ3) is 3.51. The van der Waals surface area contributed by atoms with E-state index < -0.39 is 0 Å². The van der Waals surface area contributed by atoms with E-state index in [4.69, 9.17) is 4.74 Å². The standard InChI is InChI=1S/C15H20N2O4/c1-21-13-7-3-2-6-12(13)15(20)16-9-14(19)17-8-4-5-11(17)10-18/h2,6,10-11H,3-5,7-9H2,1H3,(H,16,20)/t11-/m0/s1. The second-order valence-corrected chi connectivity index (χ2v) is 5.10. The fourth-order valence-corrected chi connectivity index (χ4v) is 2.65. The molecule has 0 saturated carbocycles. The molecule has 0 spiro atoms. The molecule has 0 aromatic rings. The third-order valence-electron chi connectivity index (χ3n) is 3.79. The van der Waals surface area contributed by atoms with Crippen LogP contribution in [0.2, 0.25) is 0 Å². The molecular weight excluding hydrogens is 272 g/mol. The highest BCUT2D eigenvalue weighted by Crippen LogP contribution is 2.19. The molecule has 2 aliphatic rings. The second kappa shape index (κ2) is 7.06. The molecule has 0 aromatic heterocycles. The number of ether oxygens (including phenoxy) is 1. The maximum atomic E-state index is 12.1. The van der Waals surface area contributed by atoms with E-state index in [1.165, 1.54) is 12.0 Å². The van der Waals surface area contributed by atoms with E-state index in [0.29, 0.717) is 30.7 Å². The van der Waals surface area contributed by atoms with Crippen LogP contribution in [0.25, 0.3) is 0 Å². The number of hydrogen-bond acceptors (Lipinski definition) is 4. The fraction of sp³-hybridized carbons (Fsp3) is 0.533. The first-order chi connectivity index (χ1) is 10.2. The van der Waals surface area contributed by atoms with Crippen molar-refractivity contribution >= 4 is 18.1 Å². The molecule has 1 heterocycles. The van der Waals surface area contributed by atoms with E-state index in [0.717, 1.165) is 19.1 Å². The summed E-state index contributed by atoms with van der Waals surface area (Å²) in [5, 5.41) is 2.60. The quantitative estimate of drug-likeness (QED) is 0.751. The van der Waals surface area contributed by atoms with Gasteiger partial charge in [-0.1, -0.05) is 12.2 Å². The summed E-state index contributed by atoms with van der Waals surface area (Å²) in [6, 6.07) is -0.349. The van der Waals surface area contributed by atoms with Crippen LogP contribution < -0.4 is 5.32 Å². The molecule has 0 radical (unpaired) electrons. The van der Waals surface area contributed by atoms with Crippen LogP contribution in [-0.2, 0) is 19.1 Å². The third-order valence-corrected chi connectivity index (χ3v) is 3.79. The highest BCUT2D eigenvalue weighted by molar-refractivity contribution is 5.99. The van der Waals surface area contributed by atoms with Crippen LogP contribution in [0.5, 0.6) is 0 Å². The highest BCUT2D eigenvalue weighted by atomic mass is 16.5. The highest BCUT2D eigenvalue weighted by Gasteiger charge is 2.28. The Morgan fingerprint density at radius 3 is 3.05 bits per heavy atom. The van der Waals surface area contributed by atoms with Crippen molar-refractivity contribution in [2.24, 2.45) is 0 Å². The average molecular weight is 292 g/mol. The number of likely N-dealkylation sites (tertiary alicyclic amines) is 1. The Morgan fingerprint density at radius 1 is 1.52 bits per heavy atom. The Bertz CT molecular complexity index is 496. The normalized spacial score (nSPS) is 21.4. The number of rotatable bonds is 5. The van der Waals surface area contributed by atoms with Crippen molar-refractivity contribution in [2.45, 2.75) is 31.7 Å². The molecule has 1 aliphatic carbocycles. The number of methoxy groups -OCH3 is 1. The lowest BCUT2D eigenvalue weighted by Crippen LogP contribution is -2.43. The number of allylic oxidation sites excluding steroid dienone is 2. The lowest BCUT2D eigenvalue weighted by molar-refractivity contribution is -0.134. The van der Waals surface area contributed by atoms with E-state index in [-0.39, 0.29) is 24.4 Å². The predicted molar refractivity (Wildman–Crippen MR) is 76.2 cm³/mol. The van der Waals surface area contributed by atoms with Crippen LogP contribution in [0.4, 0.5) is 0 Å². The Labute approximate surface area is 123 Å². The summed E-state index contributed by atoms with van der Waals surface area (Å²) in [4.78, 5) is 36.5. The van der Waals surface area contributed by atoms with Crippen molar-refractivity contribution in [2.75, 3.05) is 20.2 Å². The Hall–Kier alpha value is -2.11. The van der Waals surface area contributed by atoms with Crippen molar-refractivity contribution in [3.05, 3.63) is 23.5 Å². The molecule has 1 saturated heterocycles. The van der Waals surface area contributed by atoms with Crippen LogP contribution in [0.15, 0.2) is 23.5 Å². The zero-order chi connectivity index (χ0) is 15.2. The van der Waals surface area contributed by atoms with Gasteiger partial charge in [-0.2, -0.15) is 0 Å². The first-order valence-corrected chi connectivity index (χ1v) is 7.14. The molecule has 0 aromatic carbocycles. The summed E-state index contributed by atoms with van der Waals surface area (Å²) in [6.07, 6.45) is 7.46. The minimum absolute atomic E-state index is 0.0997. The minimum Gasteiger partial charge on any atom is -0.500 e. The monoisotopic (exact) mass is 292 g/mol. The number of carbonyl (C=O) groups is 3. The predicted octanol–water partition coefficient (Wildman–Crippen LogP) is 0.543. The number of nitrogens with one attached hydrogen (secondary N) is 1. The number of nitrogens with zero attached hydrogens (tertiary/aromatic N) is 1. The molecule has 6 nitrogen and oxygen atoms in total. The van der Waals surface area contributed by atoms with E-state index in [1.54, 1.807) is 6.08 Å². The largest absolute Gasteiger partial charge is 0.500 e. The zero-order valence-corrected chi connectivity index (χ0v) is 12.1. The van der Waals surface area contributed by atoms with Gasteiger partial charge < -0.3 is 19.7 Å². The Balaban J connectivity index is 1.92. The van der Waals surface area contributed by atoms with Crippen molar-refractivity contribution in [3.63, 3.8) is 0 Å². The molecule has 1 aliphatic heterocycles. The van der Waals surface area contributed by atoms with E-state index in [2.05, 4.69) is 5.32 Å². The number of carbonyl (C=O) groups excluding carboxylic acids is 3. The molecule has 2 rings (SSSR count). The summed E-state index contributed by atoms with van der Waals surface area (Å²) >= 11 is 0. The van der Waals surface area contributed by atoms with Crippen molar-refractivity contribution < 1.29 is 19.1 Å². The average Bonchev–Trinajstić information content (AvgIpc) is 3.00. The summed E-state index contributed by atoms with van der Waals surface area (Å²) in [5.74, 6) is 0.0877. The summed E-state index contributed by atoms with van der Waals surface area (Å²) in [6.45, 7) is 0.474. The lowest BCUT2D eigenvalue weighted by atomic mass is 10.0. The molecule has 0 unspecified atom stereocenters. The topological polar surface area (TPSA) is 75.7 Å². The van der Waals surface area contributed by atoms with Gasteiger partial charge in [-0.05, 0) is 19.3 Å². The fourth-order valence-electron chi connectivity index (χ4n) is 2.65. The smallest absolute Gasteiger partial charge is 0.255 e. The van der Waals surface area contributed by atoms with Crippen molar-refractivity contribution in [1.82, 2.24) is 10.2 Å².